The highest BCUT2D eigenvalue weighted by Gasteiger charge is 2.22. The minimum Gasteiger partial charge on any atom is -0.345 e. The van der Waals surface area contributed by atoms with Crippen LogP contribution in [0.5, 0.6) is 0 Å². The molecule has 2 N–H and O–H groups in total. The molecule has 28 heavy (non-hydrogen) atoms. The van der Waals surface area contributed by atoms with Crippen LogP contribution in [0.2, 0.25) is 0 Å². The maximum Gasteiger partial charge on any atom is 0.313 e. The third-order valence-electron chi connectivity index (χ3n) is 4.05. The fraction of sp³-hybridized carbons (Fsp3) is 0.211. The Bertz CT molecular complexity index is 1000. The lowest BCUT2D eigenvalue weighted by molar-refractivity contribution is -0.136. The van der Waals surface area contributed by atoms with E-state index in [0.29, 0.717) is 0 Å². The molecule has 1 atom stereocenters. The number of hydrogen-bond acceptors (Lipinski definition) is 4. The van der Waals surface area contributed by atoms with Gasteiger partial charge in [-0.15, -0.1) is 11.3 Å². The van der Waals surface area contributed by atoms with Gasteiger partial charge in [0.05, 0.1) is 11.4 Å². The summed E-state index contributed by atoms with van der Waals surface area (Å²) in [5.41, 5.74) is 1.36. The SMILES string of the molecule is Cc1cc(C)n(C(CNC(=O)C(=O)Nc2cc(F)ccc2F)c2cccs2)n1. The Kier molecular flexibility index (Phi) is 5.84. The number of halogens is 2. The smallest absolute Gasteiger partial charge is 0.313 e. The Labute approximate surface area is 164 Å². The molecule has 2 aromatic heterocycles. The number of benzene rings is 1. The average Bonchev–Trinajstić information content (AvgIpc) is 3.28. The maximum atomic E-state index is 13.6. The number of aryl methyl sites for hydroxylation is 2. The highest BCUT2D eigenvalue weighted by atomic mass is 32.1. The van der Waals surface area contributed by atoms with E-state index in [1.807, 2.05) is 37.4 Å². The van der Waals surface area contributed by atoms with Crippen molar-refractivity contribution in [2.75, 3.05) is 11.9 Å². The summed E-state index contributed by atoms with van der Waals surface area (Å²) in [6.45, 7) is 3.89. The van der Waals surface area contributed by atoms with Gasteiger partial charge in [0, 0.05) is 23.2 Å². The number of rotatable bonds is 5. The standard InChI is InChI=1S/C19H18F2N4O2S/c1-11-8-12(2)25(24-11)16(17-4-3-7-28-17)10-22-18(26)19(27)23-15-9-13(20)5-6-14(15)21/h3-9,16H,10H2,1-2H3,(H,22,26)(H,23,27). The molecule has 2 amide bonds. The lowest BCUT2D eigenvalue weighted by Gasteiger charge is -2.18. The third-order valence-corrected chi connectivity index (χ3v) is 5.02. The number of carbonyl (C=O) groups is 2. The molecule has 146 valence electrons. The molecule has 2 heterocycles. The van der Waals surface area contributed by atoms with E-state index in [2.05, 4.69) is 15.7 Å². The van der Waals surface area contributed by atoms with E-state index >= 15 is 0 Å². The monoisotopic (exact) mass is 404 g/mol. The van der Waals surface area contributed by atoms with Gasteiger partial charge in [0.15, 0.2) is 0 Å². The second kappa shape index (κ2) is 8.30. The van der Waals surface area contributed by atoms with Gasteiger partial charge in [-0.3, -0.25) is 14.3 Å². The first-order chi connectivity index (χ1) is 13.3. The topological polar surface area (TPSA) is 76.0 Å². The summed E-state index contributed by atoms with van der Waals surface area (Å²) in [4.78, 5) is 25.2. The van der Waals surface area contributed by atoms with Crippen molar-refractivity contribution in [1.29, 1.82) is 0 Å². The molecule has 0 fully saturated rings. The van der Waals surface area contributed by atoms with Crippen LogP contribution in [-0.2, 0) is 9.59 Å². The number of thiophene rings is 1. The molecule has 0 radical (unpaired) electrons. The molecule has 0 spiro atoms. The second-order valence-corrected chi connectivity index (χ2v) is 7.17. The van der Waals surface area contributed by atoms with E-state index < -0.39 is 29.1 Å². The van der Waals surface area contributed by atoms with Crippen LogP contribution in [0, 0.1) is 25.5 Å². The number of hydrogen-bond donors (Lipinski definition) is 2. The molecule has 0 bridgehead atoms. The number of nitrogens with zero attached hydrogens (tertiary/aromatic N) is 2. The van der Waals surface area contributed by atoms with Crippen LogP contribution >= 0.6 is 11.3 Å². The summed E-state index contributed by atoms with van der Waals surface area (Å²) in [5, 5.41) is 11.0. The Morgan fingerprint density at radius 2 is 1.96 bits per heavy atom. The first-order valence-electron chi connectivity index (χ1n) is 8.45. The average molecular weight is 404 g/mol. The Balaban J connectivity index is 1.71. The van der Waals surface area contributed by atoms with Gasteiger partial charge in [0.1, 0.15) is 17.7 Å². The van der Waals surface area contributed by atoms with E-state index in [1.165, 1.54) is 11.3 Å². The maximum absolute atomic E-state index is 13.6. The van der Waals surface area contributed by atoms with Gasteiger partial charge in [0.25, 0.3) is 0 Å². The van der Waals surface area contributed by atoms with E-state index in [-0.39, 0.29) is 12.6 Å². The molecule has 1 unspecified atom stereocenters. The minimum atomic E-state index is -1.08. The number of nitrogens with one attached hydrogen (secondary N) is 2. The predicted molar refractivity (Wildman–Crippen MR) is 102 cm³/mol. The highest BCUT2D eigenvalue weighted by Crippen LogP contribution is 2.24. The van der Waals surface area contributed by atoms with Gasteiger partial charge in [-0.05, 0) is 43.5 Å². The Hall–Kier alpha value is -3.07. The molecule has 6 nitrogen and oxygen atoms in total. The van der Waals surface area contributed by atoms with Gasteiger partial charge in [-0.25, -0.2) is 8.78 Å². The number of aromatic nitrogens is 2. The third kappa shape index (κ3) is 4.42. The first-order valence-corrected chi connectivity index (χ1v) is 9.33. The van der Waals surface area contributed by atoms with E-state index in [9.17, 15) is 18.4 Å². The predicted octanol–water partition coefficient (Wildman–Crippen LogP) is 3.18. The number of carbonyl (C=O) groups excluding carboxylic acids is 2. The summed E-state index contributed by atoms with van der Waals surface area (Å²) in [6, 6.07) is 8.03. The van der Waals surface area contributed by atoms with E-state index in [1.54, 1.807) is 4.68 Å². The highest BCUT2D eigenvalue weighted by molar-refractivity contribution is 7.10. The van der Waals surface area contributed by atoms with Crippen LogP contribution in [-0.4, -0.2) is 28.1 Å². The van der Waals surface area contributed by atoms with Crippen molar-refractivity contribution in [3.05, 3.63) is 69.7 Å². The minimum absolute atomic E-state index is 0.111. The zero-order valence-corrected chi connectivity index (χ0v) is 16.0. The van der Waals surface area contributed by atoms with Crippen LogP contribution in [0.3, 0.4) is 0 Å². The summed E-state index contributed by atoms with van der Waals surface area (Å²) < 4.78 is 28.6. The normalized spacial score (nSPS) is 11.9. The summed E-state index contributed by atoms with van der Waals surface area (Å²) in [6.07, 6.45) is 0. The molecular weight excluding hydrogens is 386 g/mol. The van der Waals surface area contributed by atoms with Gasteiger partial charge in [-0.2, -0.15) is 5.10 Å². The molecule has 0 aliphatic rings. The summed E-state index contributed by atoms with van der Waals surface area (Å²) in [5.74, 6) is -3.59. The lowest BCUT2D eigenvalue weighted by Crippen LogP contribution is -2.39. The van der Waals surface area contributed by atoms with Crippen molar-refractivity contribution >= 4 is 28.8 Å². The molecule has 0 saturated carbocycles. The van der Waals surface area contributed by atoms with E-state index in [0.717, 1.165) is 34.5 Å². The lowest BCUT2D eigenvalue weighted by atomic mass is 10.2. The number of anilines is 1. The van der Waals surface area contributed by atoms with Gasteiger partial charge in [-0.1, -0.05) is 6.07 Å². The van der Waals surface area contributed by atoms with Crippen LogP contribution in [0.1, 0.15) is 22.3 Å². The van der Waals surface area contributed by atoms with E-state index in [4.69, 9.17) is 0 Å². The molecule has 3 rings (SSSR count). The molecule has 0 aliphatic carbocycles. The first kappa shape index (κ1) is 19.7. The largest absolute Gasteiger partial charge is 0.345 e. The Morgan fingerprint density at radius 1 is 1.18 bits per heavy atom. The van der Waals surface area contributed by atoms with Gasteiger partial charge < -0.3 is 10.6 Å². The van der Waals surface area contributed by atoms with Crippen LogP contribution in [0.25, 0.3) is 0 Å². The quantitative estimate of drug-likeness (QED) is 0.642. The molecule has 1 aromatic carbocycles. The van der Waals surface area contributed by atoms with Crippen LogP contribution in [0.4, 0.5) is 14.5 Å². The van der Waals surface area contributed by atoms with Crippen molar-refractivity contribution in [2.24, 2.45) is 0 Å². The van der Waals surface area contributed by atoms with Gasteiger partial charge >= 0.3 is 11.8 Å². The van der Waals surface area contributed by atoms with Crippen molar-refractivity contribution in [3.63, 3.8) is 0 Å². The fourth-order valence-electron chi connectivity index (χ4n) is 2.79. The molecule has 9 heteroatoms. The van der Waals surface area contributed by atoms with Crippen LogP contribution in [0.15, 0.2) is 41.8 Å². The van der Waals surface area contributed by atoms with Crippen molar-refractivity contribution < 1.29 is 18.4 Å². The summed E-state index contributed by atoms with van der Waals surface area (Å²) >= 11 is 1.51. The second-order valence-electron chi connectivity index (χ2n) is 6.19. The van der Waals surface area contributed by atoms with Crippen LogP contribution < -0.4 is 10.6 Å². The molecule has 0 saturated heterocycles. The molecular formula is C19H18F2N4O2S. The fourth-order valence-corrected chi connectivity index (χ4v) is 3.60. The zero-order chi connectivity index (χ0) is 20.3. The van der Waals surface area contributed by atoms with Crippen molar-refractivity contribution in [1.82, 2.24) is 15.1 Å². The molecule has 3 aromatic rings. The summed E-state index contributed by atoms with van der Waals surface area (Å²) in [7, 11) is 0. The molecule has 0 aliphatic heterocycles. The Morgan fingerprint density at radius 3 is 2.61 bits per heavy atom. The van der Waals surface area contributed by atoms with Gasteiger partial charge in [0.2, 0.25) is 0 Å². The number of amides is 2. The van der Waals surface area contributed by atoms with Crippen molar-refractivity contribution in [3.8, 4) is 0 Å². The van der Waals surface area contributed by atoms with Crippen molar-refractivity contribution in [2.45, 2.75) is 19.9 Å². The zero-order valence-electron chi connectivity index (χ0n) is 15.2.